The number of sulfone groups is 1. The Bertz CT molecular complexity index is 932. The molecule has 2 heterocycles. The lowest BCUT2D eigenvalue weighted by molar-refractivity contribution is 0.0953. The highest BCUT2D eigenvalue weighted by molar-refractivity contribution is 7.91. The van der Waals surface area contributed by atoms with Crippen LogP contribution in [0.3, 0.4) is 0 Å². The van der Waals surface area contributed by atoms with Crippen molar-refractivity contribution in [2.45, 2.75) is 37.1 Å². The number of likely N-dealkylation sites (tertiary alicyclic amines) is 1. The van der Waals surface area contributed by atoms with E-state index in [1.165, 1.54) is 0 Å². The van der Waals surface area contributed by atoms with E-state index in [1.807, 2.05) is 0 Å². The van der Waals surface area contributed by atoms with Crippen LogP contribution in [0.1, 0.15) is 47.2 Å². The minimum Gasteiger partial charge on any atom is -0.355 e. The van der Waals surface area contributed by atoms with Gasteiger partial charge in [-0.25, -0.2) is 18.4 Å². The number of benzene rings is 1. The molecule has 8 heteroatoms. The zero-order valence-corrected chi connectivity index (χ0v) is 17.1. The van der Waals surface area contributed by atoms with Gasteiger partial charge in [-0.3, -0.25) is 9.69 Å². The smallest absolute Gasteiger partial charge is 0.254 e. The van der Waals surface area contributed by atoms with Crippen molar-refractivity contribution in [3.8, 4) is 0 Å². The topological polar surface area (TPSA) is 92.3 Å². The molecule has 1 aliphatic heterocycles. The Morgan fingerprint density at radius 3 is 2.71 bits per heavy atom. The number of aryl methyl sites for hydroxylation is 1. The van der Waals surface area contributed by atoms with E-state index in [2.05, 4.69) is 20.2 Å². The van der Waals surface area contributed by atoms with Gasteiger partial charge in [0.25, 0.3) is 5.91 Å². The molecule has 1 aliphatic rings. The average molecular weight is 403 g/mol. The summed E-state index contributed by atoms with van der Waals surface area (Å²) >= 11 is 0. The number of amides is 1. The quantitative estimate of drug-likeness (QED) is 0.796. The minimum atomic E-state index is -3.36. The first-order valence-electron chi connectivity index (χ1n) is 9.50. The number of carbonyl (C=O) groups is 1. The molecule has 1 aromatic heterocycles. The summed E-state index contributed by atoms with van der Waals surface area (Å²) in [5, 5.41) is 2.64. The van der Waals surface area contributed by atoms with Gasteiger partial charge in [-0.15, -0.1) is 0 Å². The standard InChI is InChI=1S/C20H26N4O3S/c1-15-22-14-17(20(25)21-2)19(23-15)18-10-6-7-11-24(18)12-13-28(26,27)16-8-4-3-5-9-16/h3-5,8-9,14,18H,6-7,10-13H2,1-2H3,(H,21,25)/t18-/m1/s1. The molecule has 0 radical (unpaired) electrons. The molecule has 7 nitrogen and oxygen atoms in total. The molecule has 1 saturated heterocycles. The van der Waals surface area contributed by atoms with Gasteiger partial charge in [0, 0.05) is 19.8 Å². The Balaban J connectivity index is 1.84. The summed E-state index contributed by atoms with van der Waals surface area (Å²) in [6.07, 6.45) is 4.42. The van der Waals surface area contributed by atoms with E-state index < -0.39 is 9.84 Å². The maximum Gasteiger partial charge on any atom is 0.254 e. The molecular weight excluding hydrogens is 376 g/mol. The molecule has 1 amide bonds. The molecule has 1 fully saturated rings. The van der Waals surface area contributed by atoms with Crippen LogP contribution >= 0.6 is 0 Å². The van der Waals surface area contributed by atoms with Gasteiger partial charge in [-0.2, -0.15) is 0 Å². The fourth-order valence-corrected chi connectivity index (χ4v) is 4.88. The first kappa shape index (κ1) is 20.4. The summed E-state index contributed by atoms with van der Waals surface area (Å²) in [7, 11) is -1.78. The highest BCUT2D eigenvalue weighted by Crippen LogP contribution is 2.31. The van der Waals surface area contributed by atoms with Gasteiger partial charge in [0.1, 0.15) is 5.82 Å². The van der Waals surface area contributed by atoms with Gasteiger partial charge in [-0.05, 0) is 38.4 Å². The van der Waals surface area contributed by atoms with Crippen LogP contribution in [-0.4, -0.2) is 55.1 Å². The molecule has 0 saturated carbocycles. The number of hydrogen-bond donors (Lipinski definition) is 1. The highest BCUT2D eigenvalue weighted by Gasteiger charge is 2.30. The summed E-state index contributed by atoms with van der Waals surface area (Å²) in [6, 6.07) is 8.43. The van der Waals surface area contributed by atoms with Gasteiger partial charge in [0.2, 0.25) is 0 Å². The Kier molecular flexibility index (Phi) is 6.41. The third kappa shape index (κ3) is 4.56. The molecule has 1 aromatic carbocycles. The largest absolute Gasteiger partial charge is 0.355 e. The third-order valence-electron chi connectivity index (χ3n) is 5.09. The summed E-state index contributed by atoms with van der Waals surface area (Å²) < 4.78 is 25.4. The lowest BCUT2D eigenvalue weighted by Crippen LogP contribution is -2.38. The molecule has 0 spiro atoms. The zero-order chi connectivity index (χ0) is 20.1. The molecular formula is C20H26N4O3S. The van der Waals surface area contributed by atoms with Crippen LogP contribution in [0.15, 0.2) is 41.4 Å². The third-order valence-corrected chi connectivity index (χ3v) is 6.80. The van der Waals surface area contributed by atoms with E-state index in [1.54, 1.807) is 50.5 Å². The predicted octanol–water partition coefficient (Wildman–Crippen LogP) is 2.15. The Morgan fingerprint density at radius 2 is 2.00 bits per heavy atom. The van der Waals surface area contributed by atoms with E-state index >= 15 is 0 Å². The highest BCUT2D eigenvalue weighted by atomic mass is 32.2. The monoisotopic (exact) mass is 402 g/mol. The lowest BCUT2D eigenvalue weighted by atomic mass is 9.96. The number of carbonyl (C=O) groups excluding carboxylic acids is 1. The van der Waals surface area contributed by atoms with Crippen molar-refractivity contribution in [3.63, 3.8) is 0 Å². The van der Waals surface area contributed by atoms with Crippen molar-refractivity contribution >= 4 is 15.7 Å². The summed E-state index contributed by atoms with van der Waals surface area (Å²) in [5.74, 6) is 0.412. The van der Waals surface area contributed by atoms with Crippen LogP contribution in [0.4, 0.5) is 0 Å². The molecule has 150 valence electrons. The van der Waals surface area contributed by atoms with E-state index in [9.17, 15) is 13.2 Å². The minimum absolute atomic E-state index is 0.0346. The predicted molar refractivity (Wildman–Crippen MR) is 107 cm³/mol. The molecule has 1 N–H and O–H groups in total. The number of hydrogen-bond acceptors (Lipinski definition) is 6. The van der Waals surface area contributed by atoms with Crippen molar-refractivity contribution in [3.05, 3.63) is 53.6 Å². The number of piperidine rings is 1. The van der Waals surface area contributed by atoms with Crippen molar-refractivity contribution < 1.29 is 13.2 Å². The van der Waals surface area contributed by atoms with E-state index in [0.717, 1.165) is 25.8 Å². The summed E-state index contributed by atoms with van der Waals surface area (Å²) in [4.78, 5) is 23.5. The van der Waals surface area contributed by atoms with Gasteiger partial charge >= 0.3 is 0 Å². The van der Waals surface area contributed by atoms with E-state index in [-0.39, 0.29) is 17.7 Å². The van der Waals surface area contributed by atoms with Crippen LogP contribution in [0.2, 0.25) is 0 Å². The molecule has 0 aliphatic carbocycles. The molecule has 0 unspecified atom stereocenters. The van der Waals surface area contributed by atoms with E-state index in [4.69, 9.17) is 0 Å². The zero-order valence-electron chi connectivity index (χ0n) is 16.3. The van der Waals surface area contributed by atoms with Crippen LogP contribution in [-0.2, 0) is 9.84 Å². The molecule has 2 aromatic rings. The maximum absolute atomic E-state index is 12.7. The Hall–Kier alpha value is -2.32. The summed E-state index contributed by atoms with van der Waals surface area (Å²) in [6.45, 7) is 2.98. The lowest BCUT2D eigenvalue weighted by Gasteiger charge is -2.36. The van der Waals surface area contributed by atoms with Gasteiger partial charge in [-0.1, -0.05) is 24.6 Å². The molecule has 1 atom stereocenters. The maximum atomic E-state index is 12.7. The molecule has 28 heavy (non-hydrogen) atoms. The van der Waals surface area contributed by atoms with Gasteiger partial charge < -0.3 is 5.32 Å². The number of nitrogens with zero attached hydrogens (tertiary/aromatic N) is 3. The second kappa shape index (κ2) is 8.79. The molecule has 3 rings (SSSR count). The number of nitrogens with one attached hydrogen (secondary N) is 1. The average Bonchev–Trinajstić information content (AvgIpc) is 2.72. The first-order valence-corrected chi connectivity index (χ1v) is 11.1. The van der Waals surface area contributed by atoms with Crippen molar-refractivity contribution in [1.29, 1.82) is 0 Å². The SMILES string of the molecule is CNC(=O)c1cnc(C)nc1[C@H]1CCCCN1CCS(=O)(=O)c1ccccc1. The van der Waals surface area contributed by atoms with Crippen molar-refractivity contribution in [2.24, 2.45) is 0 Å². The van der Waals surface area contributed by atoms with Gasteiger partial charge in [0.15, 0.2) is 9.84 Å². The fourth-order valence-electron chi connectivity index (χ4n) is 3.60. The van der Waals surface area contributed by atoms with Crippen LogP contribution in [0, 0.1) is 6.92 Å². The van der Waals surface area contributed by atoms with Crippen LogP contribution in [0.5, 0.6) is 0 Å². The number of rotatable bonds is 6. The van der Waals surface area contributed by atoms with Gasteiger partial charge in [0.05, 0.1) is 27.9 Å². The second-order valence-electron chi connectivity index (χ2n) is 6.97. The Labute approximate surface area is 166 Å². The molecule has 0 bridgehead atoms. The van der Waals surface area contributed by atoms with Crippen LogP contribution in [0.25, 0.3) is 0 Å². The van der Waals surface area contributed by atoms with Crippen molar-refractivity contribution in [1.82, 2.24) is 20.2 Å². The second-order valence-corrected chi connectivity index (χ2v) is 9.08. The van der Waals surface area contributed by atoms with Crippen LogP contribution < -0.4 is 5.32 Å². The summed E-state index contributed by atoms with van der Waals surface area (Å²) in [5.41, 5.74) is 1.14. The first-order chi connectivity index (χ1) is 13.4. The van der Waals surface area contributed by atoms with Crippen molar-refractivity contribution in [2.75, 3.05) is 25.9 Å². The number of aromatic nitrogens is 2. The normalized spacial score (nSPS) is 18.0. The fraction of sp³-hybridized carbons (Fsp3) is 0.450. The Morgan fingerprint density at radius 1 is 1.25 bits per heavy atom. The van der Waals surface area contributed by atoms with E-state index in [0.29, 0.717) is 28.5 Å².